The van der Waals surface area contributed by atoms with Crippen LogP contribution in [0.2, 0.25) is 0 Å². The number of hydrogen-bond donors (Lipinski definition) is 3. The summed E-state index contributed by atoms with van der Waals surface area (Å²) in [7, 11) is 0. The van der Waals surface area contributed by atoms with E-state index in [1.54, 1.807) is 25.5 Å². The maximum absolute atomic E-state index is 12.1. The number of aryl methyl sites for hydroxylation is 1. The van der Waals surface area contributed by atoms with E-state index >= 15 is 0 Å². The highest BCUT2D eigenvalue weighted by molar-refractivity contribution is 5.98. The first-order valence-electron chi connectivity index (χ1n) is 6.68. The Kier molecular flexibility index (Phi) is 3.82. The molecule has 0 spiro atoms. The summed E-state index contributed by atoms with van der Waals surface area (Å²) < 4.78 is 0. The molecule has 2 atom stereocenters. The Morgan fingerprint density at radius 2 is 1.76 bits per heavy atom. The van der Waals surface area contributed by atoms with Gasteiger partial charge in [0.1, 0.15) is 0 Å². The zero-order valence-electron chi connectivity index (χ0n) is 12.3. The van der Waals surface area contributed by atoms with Gasteiger partial charge in [-0.15, -0.1) is 0 Å². The average molecular weight is 289 g/mol. The summed E-state index contributed by atoms with van der Waals surface area (Å²) >= 11 is 0. The Balaban J connectivity index is 1.97. The number of carbonyl (C=O) groups is 2. The lowest BCUT2D eigenvalue weighted by atomic mass is 9.95. The summed E-state index contributed by atoms with van der Waals surface area (Å²) in [6.45, 7) is 5.31. The highest BCUT2D eigenvalue weighted by Gasteiger charge is 2.70. The van der Waals surface area contributed by atoms with Crippen molar-refractivity contribution in [3.05, 3.63) is 35.4 Å². The van der Waals surface area contributed by atoms with Crippen LogP contribution < -0.4 is 10.9 Å². The van der Waals surface area contributed by atoms with E-state index in [2.05, 4.69) is 10.5 Å². The lowest BCUT2D eigenvalue weighted by Gasteiger charge is -2.14. The number of hydroxylamine groups is 1. The van der Waals surface area contributed by atoms with Crippen molar-refractivity contribution in [1.82, 2.24) is 10.9 Å². The normalized spacial score (nSPS) is 27.4. The van der Waals surface area contributed by atoms with E-state index in [1.165, 1.54) is 0 Å². The largest absolute Gasteiger partial charge is 0.289 e. The second-order valence-corrected chi connectivity index (χ2v) is 5.89. The molecule has 0 radical (unpaired) electrons. The van der Waals surface area contributed by atoms with Gasteiger partial charge < -0.3 is 0 Å². The van der Waals surface area contributed by atoms with Crippen molar-refractivity contribution in [2.24, 2.45) is 15.9 Å². The van der Waals surface area contributed by atoms with Gasteiger partial charge in [-0.1, -0.05) is 29.8 Å². The summed E-state index contributed by atoms with van der Waals surface area (Å²) in [5.41, 5.74) is 4.32. The van der Waals surface area contributed by atoms with Crippen LogP contribution in [0.4, 0.5) is 0 Å². The van der Waals surface area contributed by atoms with Gasteiger partial charge in [0.25, 0.3) is 0 Å². The van der Waals surface area contributed by atoms with Crippen molar-refractivity contribution < 1.29 is 14.8 Å². The van der Waals surface area contributed by atoms with Crippen molar-refractivity contribution in [2.45, 2.75) is 27.2 Å². The Labute approximate surface area is 123 Å². The van der Waals surface area contributed by atoms with Gasteiger partial charge in [-0.2, -0.15) is 5.10 Å². The summed E-state index contributed by atoms with van der Waals surface area (Å²) in [4.78, 5) is 23.7. The Morgan fingerprint density at radius 1 is 1.19 bits per heavy atom. The van der Waals surface area contributed by atoms with Gasteiger partial charge in [0.15, 0.2) is 0 Å². The van der Waals surface area contributed by atoms with Crippen LogP contribution in [0.25, 0.3) is 0 Å². The molecule has 1 aromatic carbocycles. The molecule has 1 saturated carbocycles. The van der Waals surface area contributed by atoms with Crippen LogP contribution in [0.3, 0.4) is 0 Å². The number of carbonyl (C=O) groups excluding carboxylic acids is 2. The van der Waals surface area contributed by atoms with Crippen LogP contribution in [0.15, 0.2) is 29.4 Å². The molecule has 0 heterocycles. The van der Waals surface area contributed by atoms with Gasteiger partial charge in [0.2, 0.25) is 11.8 Å². The lowest BCUT2D eigenvalue weighted by molar-refractivity contribution is -0.139. The van der Waals surface area contributed by atoms with Crippen molar-refractivity contribution in [3.63, 3.8) is 0 Å². The molecular weight excluding hydrogens is 270 g/mol. The fraction of sp³-hybridized carbons (Fsp3) is 0.400. The standard InChI is InChI=1S/C15H19N3O3/c1-10-4-6-11(7-5-10)8-16-17-12(19)14(2)9-15(14,3)13(20)18-21/h4-8,21H,9H2,1-3H3,(H,17,19)(H,18,20)/b16-8+. The molecule has 1 fully saturated rings. The minimum Gasteiger partial charge on any atom is -0.289 e. The maximum Gasteiger partial charge on any atom is 0.250 e. The van der Waals surface area contributed by atoms with Gasteiger partial charge in [-0.3, -0.25) is 14.8 Å². The molecule has 6 heteroatoms. The molecule has 6 nitrogen and oxygen atoms in total. The third-order valence-corrected chi connectivity index (χ3v) is 4.36. The molecule has 21 heavy (non-hydrogen) atoms. The molecule has 1 aliphatic carbocycles. The number of nitrogens with zero attached hydrogens (tertiary/aromatic N) is 1. The maximum atomic E-state index is 12.1. The van der Waals surface area contributed by atoms with Crippen LogP contribution in [-0.2, 0) is 9.59 Å². The number of hydrazone groups is 1. The molecule has 2 rings (SSSR count). The molecule has 0 bridgehead atoms. The smallest absolute Gasteiger partial charge is 0.250 e. The van der Waals surface area contributed by atoms with Gasteiger partial charge >= 0.3 is 0 Å². The topological polar surface area (TPSA) is 90.8 Å². The SMILES string of the molecule is Cc1ccc(/C=N/NC(=O)C2(C)CC2(C)C(=O)NO)cc1. The minimum atomic E-state index is -0.898. The molecule has 112 valence electrons. The third kappa shape index (κ3) is 2.67. The summed E-state index contributed by atoms with van der Waals surface area (Å²) in [5, 5.41) is 12.6. The predicted molar refractivity (Wildman–Crippen MR) is 77.7 cm³/mol. The third-order valence-electron chi connectivity index (χ3n) is 4.36. The lowest BCUT2D eigenvalue weighted by Crippen LogP contribution is -2.37. The monoisotopic (exact) mass is 289 g/mol. The quantitative estimate of drug-likeness (QED) is 0.444. The number of rotatable bonds is 4. The van der Waals surface area contributed by atoms with E-state index < -0.39 is 16.7 Å². The highest BCUT2D eigenvalue weighted by atomic mass is 16.5. The molecule has 3 N–H and O–H groups in total. The second kappa shape index (κ2) is 5.29. The first-order valence-corrected chi connectivity index (χ1v) is 6.68. The van der Waals surface area contributed by atoms with Crippen molar-refractivity contribution in [1.29, 1.82) is 0 Å². The Morgan fingerprint density at radius 3 is 2.33 bits per heavy atom. The molecule has 0 aromatic heterocycles. The molecule has 1 aromatic rings. The van der Waals surface area contributed by atoms with Gasteiger partial charge in [-0.05, 0) is 32.8 Å². The number of amides is 2. The van der Waals surface area contributed by atoms with Crippen LogP contribution in [-0.4, -0.2) is 23.2 Å². The van der Waals surface area contributed by atoms with E-state index in [4.69, 9.17) is 5.21 Å². The predicted octanol–water partition coefficient (Wildman–Crippen LogP) is 1.37. The minimum absolute atomic E-state index is 0.336. The molecule has 1 aliphatic rings. The molecule has 2 unspecified atom stereocenters. The fourth-order valence-electron chi connectivity index (χ4n) is 2.39. The van der Waals surface area contributed by atoms with Crippen molar-refractivity contribution in [2.75, 3.05) is 0 Å². The zero-order chi connectivity index (χ0) is 15.7. The Bertz CT molecular complexity index is 597. The zero-order valence-corrected chi connectivity index (χ0v) is 12.3. The first kappa shape index (κ1) is 15.2. The molecule has 2 amide bonds. The molecule has 0 aliphatic heterocycles. The van der Waals surface area contributed by atoms with Crippen LogP contribution >= 0.6 is 0 Å². The summed E-state index contributed by atoms with van der Waals surface area (Å²) in [6, 6.07) is 7.70. The van der Waals surface area contributed by atoms with E-state index in [9.17, 15) is 9.59 Å². The van der Waals surface area contributed by atoms with Crippen LogP contribution in [0.1, 0.15) is 31.4 Å². The number of benzene rings is 1. The first-order chi connectivity index (χ1) is 9.83. The molecule has 0 saturated heterocycles. The van der Waals surface area contributed by atoms with Crippen molar-refractivity contribution >= 4 is 18.0 Å². The van der Waals surface area contributed by atoms with Gasteiger partial charge in [0, 0.05) is 0 Å². The van der Waals surface area contributed by atoms with E-state index in [0.29, 0.717) is 6.42 Å². The van der Waals surface area contributed by atoms with Crippen LogP contribution in [0.5, 0.6) is 0 Å². The molecular formula is C15H19N3O3. The van der Waals surface area contributed by atoms with Crippen LogP contribution in [0, 0.1) is 17.8 Å². The fourth-order valence-corrected chi connectivity index (χ4v) is 2.39. The van der Waals surface area contributed by atoms with E-state index in [0.717, 1.165) is 11.1 Å². The average Bonchev–Trinajstić information content (AvgIpc) is 3.05. The summed E-state index contributed by atoms with van der Waals surface area (Å²) in [5.74, 6) is -0.889. The number of nitrogens with one attached hydrogen (secondary N) is 2. The Hall–Kier alpha value is -2.21. The van der Waals surface area contributed by atoms with Gasteiger partial charge in [-0.25, -0.2) is 10.9 Å². The summed E-state index contributed by atoms with van der Waals surface area (Å²) in [6.07, 6.45) is 1.92. The highest BCUT2D eigenvalue weighted by Crippen LogP contribution is 2.63. The second-order valence-electron chi connectivity index (χ2n) is 5.89. The van der Waals surface area contributed by atoms with E-state index in [1.807, 2.05) is 31.2 Å². The van der Waals surface area contributed by atoms with Crippen molar-refractivity contribution in [3.8, 4) is 0 Å². The number of hydrogen-bond acceptors (Lipinski definition) is 4. The van der Waals surface area contributed by atoms with Gasteiger partial charge in [0.05, 0.1) is 17.0 Å². The van der Waals surface area contributed by atoms with E-state index in [-0.39, 0.29) is 5.91 Å².